The van der Waals surface area contributed by atoms with Gasteiger partial charge in [-0.1, -0.05) is 18.2 Å². The summed E-state index contributed by atoms with van der Waals surface area (Å²) >= 11 is 0. The lowest BCUT2D eigenvalue weighted by Gasteiger charge is -2.14. The van der Waals surface area contributed by atoms with Gasteiger partial charge in [0.1, 0.15) is 11.5 Å². The summed E-state index contributed by atoms with van der Waals surface area (Å²) in [6.45, 7) is 3.81. The summed E-state index contributed by atoms with van der Waals surface area (Å²) in [7, 11) is 1.52. The molecular formula is C33H31N5O7. The van der Waals surface area contributed by atoms with E-state index in [0.29, 0.717) is 51.6 Å². The maximum atomic E-state index is 13.1. The predicted molar refractivity (Wildman–Crippen MR) is 167 cm³/mol. The fourth-order valence-corrected chi connectivity index (χ4v) is 4.59. The second-order valence-electron chi connectivity index (χ2n) is 10.1. The Morgan fingerprint density at radius 2 is 1.73 bits per heavy atom. The highest BCUT2D eigenvalue weighted by Gasteiger charge is 2.17. The third-order valence-electron chi connectivity index (χ3n) is 6.93. The van der Waals surface area contributed by atoms with Crippen LogP contribution in [0.5, 0.6) is 23.0 Å². The fraction of sp³-hybridized carbons (Fsp3) is 0.182. The van der Waals surface area contributed by atoms with E-state index in [4.69, 9.17) is 19.4 Å². The number of nitrogens with one attached hydrogen (secondary N) is 2. The number of para-hydroxylation sites is 1. The number of fused-ring (bicyclic) bond motifs is 1. The number of carbonyl (C=O) groups is 2. The number of methoxy groups -OCH3 is 1. The SMILES string of the molecule is COc1cc2c(Oc3ccc(NC(=O)c4nn(-c5ccccc5C)cc(C)c4=O)cc3)ccnc2cc1OCCCC(=O)NO. The number of ether oxygens (including phenoxy) is 3. The van der Waals surface area contributed by atoms with E-state index in [9.17, 15) is 14.4 Å². The minimum absolute atomic E-state index is 0.113. The van der Waals surface area contributed by atoms with E-state index in [1.165, 1.54) is 7.11 Å². The number of anilines is 1. The van der Waals surface area contributed by atoms with E-state index in [-0.39, 0.29) is 18.7 Å². The normalized spacial score (nSPS) is 10.8. The van der Waals surface area contributed by atoms with Crippen LogP contribution in [0.3, 0.4) is 0 Å². The van der Waals surface area contributed by atoms with Crippen LogP contribution < -0.4 is 30.4 Å². The molecule has 2 aromatic heterocycles. The first kappa shape index (κ1) is 30.7. The van der Waals surface area contributed by atoms with Gasteiger partial charge in [-0.3, -0.25) is 24.6 Å². The lowest BCUT2D eigenvalue weighted by molar-refractivity contribution is -0.129. The number of aromatic nitrogens is 3. The summed E-state index contributed by atoms with van der Waals surface area (Å²) < 4.78 is 19.0. The number of hydrogen-bond acceptors (Lipinski definition) is 9. The van der Waals surface area contributed by atoms with Gasteiger partial charge in [-0.2, -0.15) is 5.10 Å². The molecule has 3 aromatic carbocycles. The monoisotopic (exact) mass is 609 g/mol. The molecule has 0 unspecified atom stereocenters. The largest absolute Gasteiger partial charge is 0.493 e. The van der Waals surface area contributed by atoms with Gasteiger partial charge in [-0.05, 0) is 68.3 Å². The van der Waals surface area contributed by atoms with Crippen LogP contribution in [0, 0.1) is 13.8 Å². The number of amides is 2. The lowest BCUT2D eigenvalue weighted by Crippen LogP contribution is -2.27. The minimum atomic E-state index is -0.624. The molecule has 0 fully saturated rings. The first-order valence-corrected chi connectivity index (χ1v) is 14.1. The zero-order chi connectivity index (χ0) is 31.9. The summed E-state index contributed by atoms with van der Waals surface area (Å²) in [5.41, 5.74) is 4.10. The lowest BCUT2D eigenvalue weighted by atomic mass is 10.1. The summed E-state index contributed by atoms with van der Waals surface area (Å²) in [5.74, 6) is 0.805. The van der Waals surface area contributed by atoms with Gasteiger partial charge in [-0.25, -0.2) is 10.2 Å². The summed E-state index contributed by atoms with van der Waals surface area (Å²) in [6.07, 6.45) is 3.73. The van der Waals surface area contributed by atoms with Crippen LogP contribution in [0.15, 0.2) is 83.9 Å². The smallest absolute Gasteiger partial charge is 0.280 e. The van der Waals surface area contributed by atoms with Gasteiger partial charge in [-0.15, -0.1) is 0 Å². The first-order valence-electron chi connectivity index (χ1n) is 14.1. The Morgan fingerprint density at radius 3 is 2.47 bits per heavy atom. The topological polar surface area (TPSA) is 154 Å². The van der Waals surface area contributed by atoms with E-state index < -0.39 is 17.2 Å². The first-order chi connectivity index (χ1) is 21.8. The number of hydroxylamine groups is 1. The maximum absolute atomic E-state index is 13.1. The molecule has 0 aliphatic carbocycles. The van der Waals surface area contributed by atoms with Crippen LogP contribution in [0.1, 0.15) is 34.5 Å². The molecule has 0 saturated carbocycles. The summed E-state index contributed by atoms with van der Waals surface area (Å²) in [5, 5.41) is 16.4. The van der Waals surface area contributed by atoms with Gasteiger partial charge in [0.2, 0.25) is 11.3 Å². The highest BCUT2D eigenvalue weighted by Crippen LogP contribution is 2.37. The molecular weight excluding hydrogens is 578 g/mol. The van der Waals surface area contributed by atoms with Crippen LogP contribution in [0.2, 0.25) is 0 Å². The standard InChI is InChI=1S/C33H31N5O7/c1-20-7-4-5-8-26(20)38-19-21(2)32(40)31(36-38)33(41)35-22-10-12-23(13-11-22)45-27-14-15-34-25-18-29(28(43-3)17-24(25)27)44-16-6-9-30(39)37-42/h4-5,7-8,10-15,17-19,42H,6,9,16H2,1-3H3,(H,35,41)(H,37,39). The van der Waals surface area contributed by atoms with Crippen molar-refractivity contribution in [1.29, 1.82) is 0 Å². The van der Waals surface area contributed by atoms with E-state index in [1.807, 2.05) is 31.2 Å². The quantitative estimate of drug-likeness (QED) is 0.105. The number of rotatable bonds is 11. The number of benzene rings is 3. The highest BCUT2D eigenvalue weighted by atomic mass is 16.5. The second kappa shape index (κ2) is 13.7. The molecule has 0 saturated heterocycles. The molecule has 0 atom stereocenters. The number of pyridine rings is 1. The molecule has 12 heteroatoms. The van der Waals surface area contributed by atoms with Crippen LogP contribution in [-0.2, 0) is 4.79 Å². The van der Waals surface area contributed by atoms with Crippen molar-refractivity contribution in [3.05, 3.63) is 106 Å². The predicted octanol–water partition coefficient (Wildman–Crippen LogP) is 5.12. The molecule has 2 heterocycles. The molecule has 12 nitrogen and oxygen atoms in total. The third kappa shape index (κ3) is 7.08. The van der Waals surface area contributed by atoms with E-state index in [0.717, 1.165) is 11.3 Å². The molecule has 0 spiro atoms. The zero-order valence-electron chi connectivity index (χ0n) is 24.9. The molecule has 5 aromatic rings. The molecule has 230 valence electrons. The van der Waals surface area contributed by atoms with Crippen molar-refractivity contribution in [1.82, 2.24) is 20.2 Å². The van der Waals surface area contributed by atoms with Gasteiger partial charge in [0.15, 0.2) is 17.2 Å². The van der Waals surface area contributed by atoms with Crippen molar-refractivity contribution >= 4 is 28.4 Å². The van der Waals surface area contributed by atoms with E-state index in [2.05, 4.69) is 15.4 Å². The van der Waals surface area contributed by atoms with Gasteiger partial charge in [0.25, 0.3) is 5.91 Å². The Kier molecular flexibility index (Phi) is 9.34. The van der Waals surface area contributed by atoms with Crippen molar-refractivity contribution in [2.45, 2.75) is 26.7 Å². The Morgan fingerprint density at radius 1 is 0.956 bits per heavy atom. The summed E-state index contributed by atoms with van der Waals surface area (Å²) in [4.78, 5) is 41.6. The molecule has 0 bridgehead atoms. The number of aryl methyl sites for hydroxylation is 2. The summed E-state index contributed by atoms with van der Waals surface area (Å²) in [6, 6.07) is 19.5. The van der Waals surface area contributed by atoms with Crippen LogP contribution in [-0.4, -0.2) is 45.5 Å². The van der Waals surface area contributed by atoms with Crippen LogP contribution >= 0.6 is 0 Å². The van der Waals surface area contributed by atoms with Crippen molar-refractivity contribution < 1.29 is 29.0 Å². The highest BCUT2D eigenvalue weighted by molar-refractivity contribution is 6.02. The van der Waals surface area contributed by atoms with E-state index >= 15 is 0 Å². The Bertz CT molecular complexity index is 1920. The minimum Gasteiger partial charge on any atom is -0.493 e. The molecule has 0 aliphatic rings. The van der Waals surface area contributed by atoms with Crippen molar-refractivity contribution in [3.63, 3.8) is 0 Å². The molecule has 3 N–H and O–H groups in total. The Hall–Kier alpha value is -5.75. The van der Waals surface area contributed by atoms with Gasteiger partial charge in [0.05, 0.1) is 24.9 Å². The number of hydrogen-bond donors (Lipinski definition) is 3. The van der Waals surface area contributed by atoms with Gasteiger partial charge in [0, 0.05) is 41.5 Å². The molecule has 0 aliphatic heterocycles. The fourth-order valence-electron chi connectivity index (χ4n) is 4.59. The Labute approximate surface area is 258 Å². The zero-order valence-corrected chi connectivity index (χ0v) is 24.9. The average Bonchev–Trinajstić information content (AvgIpc) is 3.05. The van der Waals surface area contributed by atoms with Crippen LogP contribution in [0.25, 0.3) is 16.6 Å². The van der Waals surface area contributed by atoms with Crippen molar-refractivity contribution in [2.75, 3.05) is 19.0 Å². The maximum Gasteiger partial charge on any atom is 0.280 e. The second-order valence-corrected chi connectivity index (χ2v) is 10.1. The number of carbonyl (C=O) groups excluding carboxylic acids is 2. The van der Waals surface area contributed by atoms with Crippen molar-refractivity contribution in [2.24, 2.45) is 0 Å². The number of nitrogens with zero attached hydrogens (tertiary/aromatic N) is 3. The molecule has 5 rings (SSSR count). The molecule has 0 radical (unpaired) electrons. The van der Waals surface area contributed by atoms with Crippen LogP contribution in [0.4, 0.5) is 5.69 Å². The molecule has 45 heavy (non-hydrogen) atoms. The van der Waals surface area contributed by atoms with Gasteiger partial charge < -0.3 is 19.5 Å². The third-order valence-corrected chi connectivity index (χ3v) is 6.93. The average molecular weight is 610 g/mol. The molecule has 2 amide bonds. The Balaban J connectivity index is 1.31. The van der Waals surface area contributed by atoms with E-state index in [1.54, 1.807) is 71.9 Å². The van der Waals surface area contributed by atoms with Gasteiger partial charge >= 0.3 is 0 Å². The van der Waals surface area contributed by atoms with Crippen molar-refractivity contribution in [3.8, 4) is 28.7 Å².